The molecule has 0 saturated carbocycles. The Bertz CT molecular complexity index is 333. The molecule has 0 amide bonds. The monoisotopic (exact) mass is 292 g/mol. The Kier molecular flexibility index (Phi) is 10.9. The molecule has 1 atom stereocenters. The van der Waals surface area contributed by atoms with Crippen LogP contribution in [0.1, 0.15) is 39.5 Å². The van der Waals surface area contributed by atoms with Crippen molar-refractivity contribution in [3.63, 3.8) is 0 Å². The smallest absolute Gasteiger partial charge is 0.306 e. The molecule has 0 aliphatic heterocycles. The first-order chi connectivity index (χ1) is 9.06. The van der Waals surface area contributed by atoms with E-state index in [1.807, 2.05) is 0 Å². The van der Waals surface area contributed by atoms with Crippen LogP contribution in [0.5, 0.6) is 0 Å². The molecule has 8 nitrogen and oxygen atoms in total. The number of carbonyl (C=O) groups is 4. The van der Waals surface area contributed by atoms with Crippen LogP contribution in [-0.2, 0) is 19.2 Å². The van der Waals surface area contributed by atoms with Crippen LogP contribution >= 0.6 is 0 Å². The molecule has 8 heteroatoms. The molecule has 0 saturated heterocycles. The van der Waals surface area contributed by atoms with Gasteiger partial charge in [-0.1, -0.05) is 13.8 Å². The highest BCUT2D eigenvalue weighted by Gasteiger charge is 2.12. The molecular formula is C12H20O8. The van der Waals surface area contributed by atoms with Gasteiger partial charge in [-0.15, -0.1) is 0 Å². The zero-order valence-corrected chi connectivity index (χ0v) is 11.4. The van der Waals surface area contributed by atoms with E-state index in [0.717, 1.165) is 0 Å². The van der Waals surface area contributed by atoms with Crippen LogP contribution in [0.25, 0.3) is 0 Å². The molecule has 4 N–H and O–H groups in total. The van der Waals surface area contributed by atoms with Gasteiger partial charge in [-0.25, -0.2) is 0 Å². The van der Waals surface area contributed by atoms with Crippen LogP contribution < -0.4 is 0 Å². The van der Waals surface area contributed by atoms with Gasteiger partial charge in [0, 0.05) is 19.3 Å². The molecule has 0 aromatic carbocycles. The topological polar surface area (TPSA) is 149 Å². The molecular weight excluding hydrogens is 272 g/mol. The van der Waals surface area contributed by atoms with Gasteiger partial charge in [-0.2, -0.15) is 0 Å². The summed E-state index contributed by atoms with van der Waals surface area (Å²) in [6.45, 7) is 3.09. The fourth-order valence-corrected chi connectivity index (χ4v) is 1.13. The molecule has 116 valence electrons. The Balaban J connectivity index is 0. The van der Waals surface area contributed by atoms with Gasteiger partial charge in [0.1, 0.15) is 0 Å². The van der Waals surface area contributed by atoms with Crippen molar-refractivity contribution in [3.05, 3.63) is 0 Å². The lowest BCUT2D eigenvalue weighted by atomic mass is 10.1. The van der Waals surface area contributed by atoms with Gasteiger partial charge in [-0.3, -0.25) is 19.2 Å². The van der Waals surface area contributed by atoms with E-state index in [1.54, 1.807) is 6.92 Å². The van der Waals surface area contributed by atoms with E-state index < -0.39 is 29.8 Å². The maximum atomic E-state index is 10.1. The molecule has 0 aliphatic rings. The average molecular weight is 292 g/mol. The largest absolute Gasteiger partial charge is 0.481 e. The predicted molar refractivity (Wildman–Crippen MR) is 67.3 cm³/mol. The third-order valence-electron chi connectivity index (χ3n) is 2.26. The van der Waals surface area contributed by atoms with E-state index in [2.05, 4.69) is 0 Å². The molecule has 0 rings (SSSR count). The van der Waals surface area contributed by atoms with Crippen molar-refractivity contribution in [1.29, 1.82) is 0 Å². The average Bonchev–Trinajstić information content (AvgIpc) is 2.23. The number of aliphatic carboxylic acids is 4. The van der Waals surface area contributed by atoms with Crippen molar-refractivity contribution in [1.82, 2.24) is 0 Å². The van der Waals surface area contributed by atoms with Crippen LogP contribution in [-0.4, -0.2) is 44.3 Å². The van der Waals surface area contributed by atoms with Gasteiger partial charge in [0.2, 0.25) is 0 Å². The van der Waals surface area contributed by atoms with Crippen molar-refractivity contribution >= 4 is 23.9 Å². The maximum absolute atomic E-state index is 10.1. The Morgan fingerprint density at radius 3 is 1.45 bits per heavy atom. The van der Waals surface area contributed by atoms with Crippen molar-refractivity contribution in [2.24, 2.45) is 11.8 Å². The second kappa shape index (κ2) is 10.8. The fourth-order valence-electron chi connectivity index (χ4n) is 1.13. The van der Waals surface area contributed by atoms with Crippen LogP contribution in [0, 0.1) is 11.8 Å². The molecule has 0 aliphatic carbocycles. The van der Waals surface area contributed by atoms with Gasteiger partial charge < -0.3 is 20.4 Å². The second-order valence-electron chi connectivity index (χ2n) is 4.47. The Morgan fingerprint density at radius 1 is 0.800 bits per heavy atom. The minimum absolute atomic E-state index is 0.0759. The Morgan fingerprint density at radius 2 is 1.20 bits per heavy atom. The molecule has 0 heterocycles. The Hall–Kier alpha value is -2.12. The van der Waals surface area contributed by atoms with Gasteiger partial charge >= 0.3 is 23.9 Å². The van der Waals surface area contributed by atoms with E-state index in [4.69, 9.17) is 20.4 Å². The van der Waals surface area contributed by atoms with Gasteiger partial charge in [-0.05, 0) is 12.3 Å². The van der Waals surface area contributed by atoms with Crippen LogP contribution in [0.4, 0.5) is 0 Å². The highest BCUT2D eigenvalue weighted by Crippen LogP contribution is 2.06. The van der Waals surface area contributed by atoms with Crippen LogP contribution in [0.2, 0.25) is 0 Å². The molecule has 0 aromatic rings. The normalized spacial score (nSPS) is 11.2. The number of rotatable bonds is 8. The first kappa shape index (κ1) is 20.2. The summed E-state index contributed by atoms with van der Waals surface area (Å²) in [6.07, 6.45) is -0.0310. The highest BCUT2D eigenvalue weighted by molar-refractivity contribution is 5.72. The number of carboxylic acids is 4. The number of carboxylic acid groups (broad SMARTS) is 4. The Labute approximate surface area is 116 Å². The van der Waals surface area contributed by atoms with Crippen molar-refractivity contribution < 1.29 is 39.6 Å². The molecule has 0 radical (unpaired) electrons. The van der Waals surface area contributed by atoms with Crippen molar-refractivity contribution in [2.75, 3.05) is 0 Å². The minimum Gasteiger partial charge on any atom is -0.481 e. The van der Waals surface area contributed by atoms with Crippen molar-refractivity contribution in [2.45, 2.75) is 39.5 Å². The maximum Gasteiger partial charge on any atom is 0.306 e. The highest BCUT2D eigenvalue weighted by atomic mass is 16.4. The van der Waals surface area contributed by atoms with Gasteiger partial charge in [0.15, 0.2) is 0 Å². The van der Waals surface area contributed by atoms with Crippen LogP contribution in [0.15, 0.2) is 0 Å². The summed E-state index contributed by atoms with van der Waals surface area (Å²) < 4.78 is 0. The lowest BCUT2D eigenvalue weighted by molar-refractivity contribution is -0.143. The fraction of sp³-hybridized carbons (Fsp3) is 0.667. The lowest BCUT2D eigenvalue weighted by Crippen LogP contribution is -2.11. The molecule has 0 bridgehead atoms. The predicted octanol–water partition coefficient (Wildman–Crippen LogP) is 1.14. The number of hydrogen-bond donors (Lipinski definition) is 4. The standard InChI is InChI=1S/2C6H10O4/c1-4(2-5(7)8)3-6(9)10;1-4(6(9)10)2-3-5(7)8/h2*4H,2-3H2,1H3,(H,7,8)(H,9,10). The van der Waals surface area contributed by atoms with Crippen molar-refractivity contribution in [3.8, 4) is 0 Å². The first-order valence-corrected chi connectivity index (χ1v) is 5.94. The molecule has 0 spiro atoms. The third-order valence-corrected chi connectivity index (χ3v) is 2.26. The van der Waals surface area contributed by atoms with Gasteiger partial charge in [0.25, 0.3) is 0 Å². The second-order valence-corrected chi connectivity index (χ2v) is 4.47. The zero-order chi connectivity index (χ0) is 16.3. The van der Waals surface area contributed by atoms with E-state index in [1.165, 1.54) is 6.92 Å². The quantitative estimate of drug-likeness (QED) is 0.520. The SMILES string of the molecule is CC(CC(=O)O)CC(=O)O.CC(CCC(=O)O)C(=O)O. The molecule has 0 aromatic heterocycles. The van der Waals surface area contributed by atoms with Gasteiger partial charge in [0.05, 0.1) is 5.92 Å². The summed E-state index contributed by atoms with van der Waals surface area (Å²) in [6, 6.07) is 0. The van der Waals surface area contributed by atoms with E-state index in [9.17, 15) is 19.2 Å². The first-order valence-electron chi connectivity index (χ1n) is 5.94. The molecule has 1 unspecified atom stereocenters. The molecule has 20 heavy (non-hydrogen) atoms. The van der Waals surface area contributed by atoms with E-state index in [0.29, 0.717) is 0 Å². The summed E-state index contributed by atoms with van der Waals surface area (Å²) >= 11 is 0. The lowest BCUT2D eigenvalue weighted by Gasteiger charge is -2.02. The summed E-state index contributed by atoms with van der Waals surface area (Å²) in [5, 5.41) is 32.9. The third kappa shape index (κ3) is 15.9. The molecule has 0 fully saturated rings. The number of hydrogen-bond acceptors (Lipinski definition) is 4. The van der Waals surface area contributed by atoms with E-state index >= 15 is 0 Å². The minimum atomic E-state index is -0.951. The summed E-state index contributed by atoms with van der Waals surface area (Å²) in [5.74, 6) is -4.64. The zero-order valence-electron chi connectivity index (χ0n) is 11.4. The summed E-state index contributed by atoms with van der Waals surface area (Å²) in [4.78, 5) is 40.0. The van der Waals surface area contributed by atoms with E-state index in [-0.39, 0.29) is 31.6 Å². The summed E-state index contributed by atoms with van der Waals surface area (Å²) in [7, 11) is 0. The summed E-state index contributed by atoms with van der Waals surface area (Å²) in [5.41, 5.74) is 0. The van der Waals surface area contributed by atoms with Crippen LogP contribution in [0.3, 0.4) is 0 Å².